The fourth-order valence-electron chi connectivity index (χ4n) is 2.76. The monoisotopic (exact) mass is 355 g/mol. The molecule has 0 unspecified atom stereocenters. The molecule has 1 aliphatic rings. The largest absolute Gasteiger partial charge is 0.541 e. The van der Waals surface area contributed by atoms with E-state index in [0.717, 1.165) is 16.0 Å². The summed E-state index contributed by atoms with van der Waals surface area (Å²) in [5.41, 5.74) is 2.40. The molecule has 1 aliphatic heterocycles. The molecule has 0 saturated heterocycles. The molecule has 0 aliphatic carbocycles. The third-order valence-electron chi connectivity index (χ3n) is 3.69. The van der Waals surface area contributed by atoms with E-state index in [1.54, 1.807) is 0 Å². The van der Waals surface area contributed by atoms with Gasteiger partial charge in [0.05, 0.1) is 11.1 Å². The van der Waals surface area contributed by atoms with Crippen LogP contribution < -0.4 is 9.16 Å². The summed E-state index contributed by atoms with van der Waals surface area (Å²) in [5, 5.41) is 0. The maximum Gasteiger partial charge on any atom is 0.286 e. The Hall–Kier alpha value is -0.483. The van der Waals surface area contributed by atoms with Gasteiger partial charge in [0.15, 0.2) is 0 Å². The van der Waals surface area contributed by atoms with E-state index in [2.05, 4.69) is 63.5 Å². The minimum Gasteiger partial charge on any atom is -0.541 e. The average molecular weight is 356 g/mol. The lowest BCUT2D eigenvalue weighted by atomic mass is 9.86. The fourth-order valence-corrected chi connectivity index (χ4v) is 5.43. The van der Waals surface area contributed by atoms with Gasteiger partial charge in [-0.05, 0) is 39.1 Å². The first kappa shape index (κ1) is 15.9. The maximum atomic E-state index is 6.47. The van der Waals surface area contributed by atoms with Crippen molar-refractivity contribution >= 4 is 25.0 Å². The van der Waals surface area contributed by atoms with E-state index in [0.29, 0.717) is 17.7 Å². The predicted molar refractivity (Wildman–Crippen MR) is 89.2 cm³/mol. The van der Waals surface area contributed by atoms with E-state index in [1.165, 1.54) is 5.56 Å². The van der Waals surface area contributed by atoms with E-state index in [-0.39, 0.29) is 5.41 Å². The van der Waals surface area contributed by atoms with Crippen LogP contribution >= 0.6 is 15.9 Å². The van der Waals surface area contributed by atoms with Crippen molar-refractivity contribution in [1.82, 2.24) is 0 Å². The van der Waals surface area contributed by atoms with Crippen LogP contribution in [-0.4, -0.2) is 15.6 Å². The second-order valence-electron chi connectivity index (χ2n) is 6.74. The topological polar surface area (TPSA) is 18.5 Å². The molecule has 1 heterocycles. The quantitative estimate of drug-likeness (QED) is 0.681. The van der Waals surface area contributed by atoms with Gasteiger partial charge in [-0.2, -0.15) is 0 Å². The van der Waals surface area contributed by atoms with Gasteiger partial charge in [0.1, 0.15) is 11.5 Å². The molecule has 0 amide bonds. The standard InChI is InChI=1S/C16H24BrO2Si/c1-10(2)20(11(3)4)19-13-8-7-12(17)15-14(13)16(5,6)9-18-15/h7-8,10-11H,9H2,1-6H3. The average Bonchev–Trinajstić information content (AvgIpc) is 2.65. The van der Waals surface area contributed by atoms with Gasteiger partial charge in [-0.25, -0.2) is 0 Å². The highest BCUT2D eigenvalue weighted by Gasteiger charge is 2.37. The summed E-state index contributed by atoms with van der Waals surface area (Å²) >= 11 is 3.58. The fraction of sp³-hybridized carbons (Fsp3) is 0.625. The Bertz CT molecular complexity index is 489. The minimum atomic E-state index is -0.885. The van der Waals surface area contributed by atoms with Crippen LogP contribution in [-0.2, 0) is 5.41 Å². The first-order chi connectivity index (χ1) is 9.24. The summed E-state index contributed by atoms with van der Waals surface area (Å²) < 4.78 is 13.4. The van der Waals surface area contributed by atoms with Crippen molar-refractivity contribution in [2.45, 2.75) is 58.0 Å². The van der Waals surface area contributed by atoms with Gasteiger partial charge < -0.3 is 9.16 Å². The molecule has 1 aromatic carbocycles. The molecular formula is C16H24BrO2Si. The Morgan fingerprint density at radius 3 is 2.35 bits per heavy atom. The molecule has 1 radical (unpaired) electrons. The first-order valence-corrected chi connectivity index (χ1v) is 9.60. The van der Waals surface area contributed by atoms with E-state index in [4.69, 9.17) is 9.16 Å². The molecule has 0 bridgehead atoms. The third-order valence-corrected chi connectivity index (χ3v) is 7.05. The minimum absolute atomic E-state index is 0.00931. The second-order valence-corrected chi connectivity index (χ2v) is 10.9. The van der Waals surface area contributed by atoms with Crippen molar-refractivity contribution in [2.24, 2.45) is 0 Å². The number of rotatable bonds is 4. The molecule has 0 atom stereocenters. The zero-order valence-electron chi connectivity index (χ0n) is 13.2. The summed E-state index contributed by atoms with van der Waals surface area (Å²) in [6.07, 6.45) is 0. The second kappa shape index (κ2) is 5.72. The SMILES string of the molecule is CC(C)[Si](Oc1ccc(Br)c2c1C(C)(C)CO2)C(C)C. The normalized spacial score (nSPS) is 16.7. The molecule has 1 aromatic rings. The highest BCUT2D eigenvalue weighted by Crippen LogP contribution is 2.48. The zero-order valence-corrected chi connectivity index (χ0v) is 15.8. The number of hydrogen-bond acceptors (Lipinski definition) is 2. The van der Waals surface area contributed by atoms with Crippen LogP contribution in [0.1, 0.15) is 47.1 Å². The van der Waals surface area contributed by atoms with Crippen LogP contribution in [0.2, 0.25) is 11.1 Å². The van der Waals surface area contributed by atoms with Crippen LogP contribution in [0.4, 0.5) is 0 Å². The number of halogens is 1. The smallest absolute Gasteiger partial charge is 0.286 e. The molecular weight excluding hydrogens is 332 g/mol. The number of hydrogen-bond donors (Lipinski definition) is 0. The molecule has 0 fully saturated rings. The van der Waals surface area contributed by atoms with Crippen LogP contribution in [0.5, 0.6) is 11.5 Å². The Morgan fingerprint density at radius 1 is 1.20 bits per heavy atom. The Labute approximate surface area is 132 Å². The van der Waals surface area contributed by atoms with Crippen LogP contribution in [0.3, 0.4) is 0 Å². The highest BCUT2D eigenvalue weighted by atomic mass is 79.9. The van der Waals surface area contributed by atoms with Gasteiger partial charge in [0.2, 0.25) is 0 Å². The molecule has 0 saturated carbocycles. The van der Waals surface area contributed by atoms with E-state index >= 15 is 0 Å². The van der Waals surface area contributed by atoms with Gasteiger partial charge in [-0.3, -0.25) is 0 Å². The maximum absolute atomic E-state index is 6.47. The molecule has 2 nitrogen and oxygen atoms in total. The van der Waals surface area contributed by atoms with E-state index in [1.807, 2.05) is 6.07 Å². The lowest BCUT2D eigenvalue weighted by molar-refractivity contribution is 0.289. The third kappa shape index (κ3) is 2.91. The van der Waals surface area contributed by atoms with Crippen molar-refractivity contribution < 1.29 is 9.16 Å². The molecule has 4 heteroatoms. The first-order valence-electron chi connectivity index (χ1n) is 7.24. The van der Waals surface area contributed by atoms with Gasteiger partial charge in [-0.1, -0.05) is 41.5 Å². The van der Waals surface area contributed by atoms with Crippen LogP contribution in [0.25, 0.3) is 0 Å². The summed E-state index contributed by atoms with van der Waals surface area (Å²) in [7, 11) is -0.885. The summed E-state index contributed by atoms with van der Waals surface area (Å²) in [6.45, 7) is 14.2. The van der Waals surface area contributed by atoms with E-state index < -0.39 is 9.04 Å². The van der Waals surface area contributed by atoms with Crippen molar-refractivity contribution in [3.63, 3.8) is 0 Å². The number of benzene rings is 1. The lowest BCUT2D eigenvalue weighted by Gasteiger charge is -2.27. The molecule has 0 N–H and O–H groups in total. The van der Waals surface area contributed by atoms with Crippen LogP contribution in [0, 0.1) is 0 Å². The predicted octanol–water partition coefficient (Wildman–Crippen LogP) is 5.31. The van der Waals surface area contributed by atoms with Crippen molar-refractivity contribution in [3.05, 3.63) is 22.2 Å². The van der Waals surface area contributed by atoms with Gasteiger partial charge in [0, 0.05) is 11.0 Å². The molecule has 0 aromatic heterocycles. The lowest BCUT2D eigenvalue weighted by Crippen LogP contribution is -2.30. The highest BCUT2D eigenvalue weighted by molar-refractivity contribution is 9.10. The molecule has 20 heavy (non-hydrogen) atoms. The Kier molecular flexibility index (Phi) is 4.55. The summed E-state index contributed by atoms with van der Waals surface area (Å²) in [6, 6.07) is 4.13. The molecule has 111 valence electrons. The summed E-state index contributed by atoms with van der Waals surface area (Å²) in [5.74, 6) is 1.98. The van der Waals surface area contributed by atoms with Crippen molar-refractivity contribution in [3.8, 4) is 11.5 Å². The Balaban J connectivity index is 2.42. The molecule has 0 spiro atoms. The van der Waals surface area contributed by atoms with Gasteiger partial charge in [0.25, 0.3) is 9.04 Å². The van der Waals surface area contributed by atoms with Gasteiger partial charge >= 0.3 is 0 Å². The van der Waals surface area contributed by atoms with Crippen LogP contribution in [0.15, 0.2) is 16.6 Å². The van der Waals surface area contributed by atoms with E-state index in [9.17, 15) is 0 Å². The van der Waals surface area contributed by atoms with Crippen molar-refractivity contribution in [2.75, 3.05) is 6.61 Å². The molecule has 2 rings (SSSR count). The Morgan fingerprint density at radius 2 is 1.80 bits per heavy atom. The summed E-state index contributed by atoms with van der Waals surface area (Å²) in [4.78, 5) is 0. The number of ether oxygens (including phenoxy) is 1. The zero-order chi connectivity index (χ0) is 15.1. The van der Waals surface area contributed by atoms with Crippen molar-refractivity contribution in [1.29, 1.82) is 0 Å². The van der Waals surface area contributed by atoms with Gasteiger partial charge in [-0.15, -0.1) is 0 Å². The number of fused-ring (bicyclic) bond motifs is 1.